The second kappa shape index (κ2) is 6.21. The molecule has 1 aromatic carbocycles. The summed E-state index contributed by atoms with van der Waals surface area (Å²) in [6, 6.07) is 8.55. The molecular formula is C12H12F3NO3. The first-order valence-corrected chi connectivity index (χ1v) is 5.42. The molecule has 7 heteroatoms. The summed E-state index contributed by atoms with van der Waals surface area (Å²) in [5.74, 6) is -3.61. The Balaban J connectivity index is 2.70. The summed E-state index contributed by atoms with van der Waals surface area (Å²) < 4.78 is 36.9. The lowest BCUT2D eigenvalue weighted by atomic mass is 10.1. The van der Waals surface area contributed by atoms with Crippen LogP contribution in [0.25, 0.3) is 0 Å². The number of benzene rings is 1. The Hall–Kier alpha value is -2.05. The average molecular weight is 275 g/mol. The molecule has 0 aliphatic heterocycles. The van der Waals surface area contributed by atoms with Crippen molar-refractivity contribution in [3.05, 3.63) is 35.9 Å². The lowest BCUT2D eigenvalue weighted by Gasteiger charge is -2.21. The SMILES string of the molecule is O=C(O)CN(CCc1ccccc1)C(=O)C(F)(F)F. The van der Waals surface area contributed by atoms with E-state index >= 15 is 0 Å². The molecule has 0 heterocycles. The van der Waals surface area contributed by atoms with Crippen LogP contribution in [-0.2, 0) is 16.0 Å². The van der Waals surface area contributed by atoms with Gasteiger partial charge in [0.1, 0.15) is 6.54 Å². The van der Waals surface area contributed by atoms with E-state index in [0.29, 0.717) is 0 Å². The molecule has 0 saturated heterocycles. The number of aliphatic carboxylic acids is 1. The fourth-order valence-corrected chi connectivity index (χ4v) is 1.50. The van der Waals surface area contributed by atoms with E-state index in [4.69, 9.17) is 5.11 Å². The largest absolute Gasteiger partial charge is 0.480 e. The summed E-state index contributed by atoms with van der Waals surface area (Å²) in [5, 5.41) is 8.53. The number of nitrogens with zero attached hydrogens (tertiary/aromatic N) is 1. The lowest BCUT2D eigenvalue weighted by molar-refractivity contribution is -0.186. The van der Waals surface area contributed by atoms with Gasteiger partial charge in [0.25, 0.3) is 0 Å². The predicted molar refractivity (Wildman–Crippen MR) is 60.4 cm³/mol. The Kier molecular flexibility index (Phi) is 4.91. The zero-order valence-corrected chi connectivity index (χ0v) is 9.85. The Morgan fingerprint density at radius 1 is 1.16 bits per heavy atom. The average Bonchev–Trinajstić information content (AvgIpc) is 2.33. The van der Waals surface area contributed by atoms with Crippen molar-refractivity contribution < 1.29 is 27.9 Å². The molecule has 1 aromatic rings. The van der Waals surface area contributed by atoms with Gasteiger partial charge >= 0.3 is 18.1 Å². The molecule has 0 saturated carbocycles. The molecule has 0 radical (unpaired) electrons. The number of carbonyl (C=O) groups excluding carboxylic acids is 1. The smallest absolute Gasteiger partial charge is 0.471 e. The van der Waals surface area contributed by atoms with Crippen LogP contribution in [0.4, 0.5) is 13.2 Å². The normalized spacial score (nSPS) is 11.1. The first-order valence-electron chi connectivity index (χ1n) is 5.42. The number of rotatable bonds is 5. The Labute approximate surface area is 107 Å². The number of hydrogen-bond donors (Lipinski definition) is 1. The molecule has 19 heavy (non-hydrogen) atoms. The highest BCUT2D eigenvalue weighted by molar-refractivity contribution is 5.85. The van der Waals surface area contributed by atoms with Gasteiger partial charge in [-0.3, -0.25) is 9.59 Å². The summed E-state index contributed by atoms with van der Waals surface area (Å²) in [4.78, 5) is 21.8. The van der Waals surface area contributed by atoms with Gasteiger partial charge in [-0.2, -0.15) is 13.2 Å². The maximum Gasteiger partial charge on any atom is 0.471 e. The van der Waals surface area contributed by atoms with Gasteiger partial charge in [0, 0.05) is 6.54 Å². The van der Waals surface area contributed by atoms with Crippen LogP contribution in [0, 0.1) is 0 Å². The van der Waals surface area contributed by atoms with Gasteiger partial charge in [0.15, 0.2) is 0 Å². The molecule has 0 unspecified atom stereocenters. The van der Waals surface area contributed by atoms with Gasteiger partial charge in [-0.15, -0.1) is 0 Å². The fourth-order valence-electron chi connectivity index (χ4n) is 1.50. The minimum atomic E-state index is -5.06. The number of carboxylic acid groups (broad SMARTS) is 1. The quantitative estimate of drug-likeness (QED) is 0.890. The van der Waals surface area contributed by atoms with Gasteiger partial charge < -0.3 is 10.0 Å². The molecule has 1 amide bonds. The minimum Gasteiger partial charge on any atom is -0.480 e. The Bertz CT molecular complexity index is 445. The van der Waals surface area contributed by atoms with Gasteiger partial charge in [0.05, 0.1) is 0 Å². The van der Waals surface area contributed by atoms with Crippen LogP contribution in [0.15, 0.2) is 30.3 Å². The fraction of sp³-hybridized carbons (Fsp3) is 0.333. The van der Waals surface area contributed by atoms with Crippen molar-refractivity contribution in [3.63, 3.8) is 0 Å². The van der Waals surface area contributed by atoms with E-state index < -0.39 is 24.6 Å². The summed E-state index contributed by atoms with van der Waals surface area (Å²) in [6.45, 7) is -1.26. The Morgan fingerprint density at radius 2 is 1.74 bits per heavy atom. The lowest BCUT2D eigenvalue weighted by Crippen LogP contribution is -2.44. The molecule has 1 rings (SSSR count). The van der Waals surface area contributed by atoms with Crippen molar-refractivity contribution in [2.75, 3.05) is 13.1 Å². The van der Waals surface area contributed by atoms with Crippen LogP contribution in [0.5, 0.6) is 0 Å². The van der Waals surface area contributed by atoms with Crippen molar-refractivity contribution in [2.45, 2.75) is 12.6 Å². The van der Waals surface area contributed by atoms with Gasteiger partial charge in [0.2, 0.25) is 0 Å². The third kappa shape index (κ3) is 4.99. The summed E-state index contributed by atoms with van der Waals surface area (Å²) in [7, 11) is 0. The van der Waals surface area contributed by atoms with Crippen molar-refractivity contribution in [3.8, 4) is 0 Å². The summed E-state index contributed by atoms with van der Waals surface area (Å²) >= 11 is 0. The van der Waals surface area contributed by atoms with E-state index in [2.05, 4.69) is 0 Å². The predicted octanol–water partition coefficient (Wildman–Crippen LogP) is 1.70. The zero-order valence-electron chi connectivity index (χ0n) is 9.85. The van der Waals surface area contributed by atoms with E-state index in [1.165, 1.54) is 0 Å². The second-order valence-electron chi connectivity index (χ2n) is 3.85. The minimum absolute atomic E-state index is 0.163. The molecule has 1 N–H and O–H groups in total. The van der Waals surface area contributed by atoms with Gasteiger partial charge in [-0.1, -0.05) is 30.3 Å². The molecular weight excluding hydrogens is 263 g/mol. The highest BCUT2D eigenvalue weighted by Crippen LogP contribution is 2.18. The van der Waals surface area contributed by atoms with Crippen LogP contribution >= 0.6 is 0 Å². The molecule has 0 bridgehead atoms. The molecule has 104 valence electrons. The number of alkyl halides is 3. The first kappa shape index (κ1) is 15.0. The maximum atomic E-state index is 12.3. The third-order valence-electron chi connectivity index (χ3n) is 2.37. The molecule has 0 aliphatic carbocycles. The molecule has 0 spiro atoms. The summed E-state index contributed by atoms with van der Waals surface area (Å²) in [6.07, 6.45) is -4.90. The molecule has 4 nitrogen and oxygen atoms in total. The van der Waals surface area contributed by atoms with Crippen LogP contribution in [0.3, 0.4) is 0 Å². The number of hydrogen-bond acceptors (Lipinski definition) is 2. The van der Waals surface area contributed by atoms with Crippen molar-refractivity contribution in [2.24, 2.45) is 0 Å². The molecule has 0 fully saturated rings. The van der Waals surface area contributed by atoms with Crippen LogP contribution in [-0.4, -0.2) is 41.1 Å². The van der Waals surface area contributed by atoms with E-state index in [1.807, 2.05) is 0 Å². The number of carboxylic acids is 1. The van der Waals surface area contributed by atoms with Crippen molar-refractivity contribution in [1.82, 2.24) is 4.90 Å². The number of amides is 1. The van der Waals surface area contributed by atoms with Gasteiger partial charge in [-0.25, -0.2) is 0 Å². The van der Waals surface area contributed by atoms with Gasteiger partial charge in [-0.05, 0) is 12.0 Å². The van der Waals surface area contributed by atoms with E-state index in [9.17, 15) is 22.8 Å². The van der Waals surface area contributed by atoms with E-state index in [0.717, 1.165) is 5.56 Å². The number of halogens is 3. The molecule has 0 atom stereocenters. The van der Waals surface area contributed by atoms with Crippen LogP contribution < -0.4 is 0 Å². The maximum absolute atomic E-state index is 12.3. The highest BCUT2D eigenvalue weighted by atomic mass is 19.4. The van der Waals surface area contributed by atoms with E-state index in [1.54, 1.807) is 30.3 Å². The highest BCUT2D eigenvalue weighted by Gasteiger charge is 2.42. The number of carbonyl (C=O) groups is 2. The van der Waals surface area contributed by atoms with Crippen molar-refractivity contribution >= 4 is 11.9 Å². The van der Waals surface area contributed by atoms with E-state index in [-0.39, 0.29) is 17.9 Å². The Morgan fingerprint density at radius 3 is 2.21 bits per heavy atom. The summed E-state index contributed by atoms with van der Waals surface area (Å²) in [5.41, 5.74) is 0.730. The van der Waals surface area contributed by atoms with Crippen LogP contribution in [0.1, 0.15) is 5.56 Å². The van der Waals surface area contributed by atoms with Crippen molar-refractivity contribution in [1.29, 1.82) is 0 Å². The molecule has 0 aliphatic rings. The standard InChI is InChI=1S/C12H12F3NO3/c13-12(14,15)11(19)16(8-10(17)18)7-6-9-4-2-1-3-5-9/h1-5H,6-8H2,(H,17,18). The topological polar surface area (TPSA) is 57.6 Å². The first-order chi connectivity index (χ1) is 8.80. The monoisotopic (exact) mass is 275 g/mol. The molecule has 0 aromatic heterocycles. The second-order valence-corrected chi connectivity index (χ2v) is 3.85. The van der Waals surface area contributed by atoms with Crippen LogP contribution in [0.2, 0.25) is 0 Å². The third-order valence-corrected chi connectivity index (χ3v) is 2.37. The zero-order chi connectivity index (χ0) is 14.5.